The highest BCUT2D eigenvalue weighted by molar-refractivity contribution is 5.74. The van der Waals surface area contributed by atoms with Gasteiger partial charge >= 0.3 is 23.9 Å². The topological polar surface area (TPSA) is 175 Å². The summed E-state index contributed by atoms with van der Waals surface area (Å²) in [7, 11) is 0. The van der Waals surface area contributed by atoms with Crippen LogP contribution in [0, 0.1) is 0 Å². The molecule has 0 saturated carbocycles. The number of allylic oxidation sites excluding steroid dienone is 10. The van der Waals surface area contributed by atoms with Crippen LogP contribution >= 0.6 is 0 Å². The summed E-state index contributed by atoms with van der Waals surface area (Å²) in [4.78, 5) is 51.3. The molecule has 79 heavy (non-hydrogen) atoms. The fourth-order valence-electron chi connectivity index (χ4n) is 9.65. The van der Waals surface area contributed by atoms with Crippen LogP contribution in [-0.2, 0) is 42.9 Å². The number of aliphatic carboxylic acids is 1. The molecule has 0 aromatic carbocycles. The second-order valence-electron chi connectivity index (χ2n) is 22.0. The number of carboxylic acid groups (broad SMARTS) is 1. The molecule has 1 fully saturated rings. The molecule has 1 aliphatic heterocycles. The van der Waals surface area contributed by atoms with Crippen molar-refractivity contribution in [1.82, 2.24) is 0 Å². The molecule has 0 aromatic heterocycles. The number of ether oxygens (including phenoxy) is 5. The number of rotatable bonds is 55. The van der Waals surface area contributed by atoms with Crippen LogP contribution in [0.3, 0.4) is 0 Å². The summed E-state index contributed by atoms with van der Waals surface area (Å²) < 4.78 is 28.5. The largest absolute Gasteiger partial charge is 0.479 e. The maximum absolute atomic E-state index is 13.2. The van der Waals surface area contributed by atoms with Gasteiger partial charge in [0, 0.05) is 19.3 Å². The molecule has 12 nitrogen and oxygen atoms in total. The fourth-order valence-corrected chi connectivity index (χ4v) is 9.65. The van der Waals surface area contributed by atoms with Gasteiger partial charge in [-0.05, 0) is 83.5 Å². The lowest BCUT2D eigenvalue weighted by atomic mass is 9.98. The van der Waals surface area contributed by atoms with Crippen molar-refractivity contribution in [3.05, 3.63) is 60.8 Å². The zero-order valence-electron chi connectivity index (χ0n) is 50.4. The Morgan fingerprint density at radius 1 is 0.430 bits per heavy atom. The van der Waals surface area contributed by atoms with Gasteiger partial charge in [-0.15, -0.1) is 0 Å². The third kappa shape index (κ3) is 44.7. The van der Waals surface area contributed by atoms with Gasteiger partial charge in [-0.3, -0.25) is 14.4 Å². The molecular formula is C67H116O12. The van der Waals surface area contributed by atoms with Crippen molar-refractivity contribution in [1.29, 1.82) is 0 Å². The molecule has 0 spiro atoms. The van der Waals surface area contributed by atoms with Gasteiger partial charge in [0.25, 0.3) is 0 Å². The van der Waals surface area contributed by atoms with Gasteiger partial charge in [-0.2, -0.15) is 0 Å². The zero-order chi connectivity index (χ0) is 57.5. The molecule has 0 radical (unpaired) electrons. The van der Waals surface area contributed by atoms with E-state index in [1.54, 1.807) is 0 Å². The third-order valence-electron chi connectivity index (χ3n) is 14.6. The number of carboxylic acids is 1. The van der Waals surface area contributed by atoms with Crippen molar-refractivity contribution < 1.29 is 58.2 Å². The third-order valence-corrected chi connectivity index (χ3v) is 14.6. The van der Waals surface area contributed by atoms with Gasteiger partial charge in [0.05, 0.1) is 6.61 Å². The van der Waals surface area contributed by atoms with Gasteiger partial charge in [-0.25, -0.2) is 4.79 Å². The Hall–Kier alpha value is -3.58. The number of unbranched alkanes of at least 4 members (excludes halogenated alkanes) is 31. The molecule has 456 valence electrons. The van der Waals surface area contributed by atoms with E-state index in [-0.39, 0.29) is 25.9 Å². The first kappa shape index (κ1) is 73.4. The number of aliphatic hydroxyl groups is 2. The highest BCUT2D eigenvalue weighted by Crippen LogP contribution is 2.27. The van der Waals surface area contributed by atoms with E-state index < -0.39 is 67.3 Å². The van der Waals surface area contributed by atoms with Crippen LogP contribution in [-0.4, -0.2) is 89.2 Å². The molecular weight excluding hydrogens is 997 g/mol. The van der Waals surface area contributed by atoms with E-state index in [4.69, 9.17) is 23.7 Å². The van der Waals surface area contributed by atoms with E-state index in [9.17, 15) is 34.5 Å². The summed E-state index contributed by atoms with van der Waals surface area (Å²) in [5.41, 5.74) is 0. The molecule has 0 aromatic rings. The smallest absolute Gasteiger partial charge is 0.335 e. The van der Waals surface area contributed by atoms with Crippen LogP contribution in [0.25, 0.3) is 0 Å². The second-order valence-corrected chi connectivity index (χ2v) is 22.0. The normalized spacial score (nSPS) is 18.2. The SMILES string of the molecule is CC/C=C\C/C=C\C/C=C\CCCCCCCCCC(=O)OCC(COC1OC(C(=O)O)C(O)C(O)C1OC(=O)CCCCCCCCCCCCCCCCCCC)OC(=O)CCCCCCC/C=C\C/C=C\CCCCC. The van der Waals surface area contributed by atoms with Crippen LogP contribution in [0.2, 0.25) is 0 Å². The summed E-state index contributed by atoms with van der Waals surface area (Å²) >= 11 is 0. The van der Waals surface area contributed by atoms with Gasteiger partial charge in [0.1, 0.15) is 18.8 Å². The highest BCUT2D eigenvalue weighted by Gasteiger charge is 2.50. The number of aliphatic hydroxyl groups excluding tert-OH is 2. The van der Waals surface area contributed by atoms with E-state index in [0.717, 1.165) is 128 Å². The lowest BCUT2D eigenvalue weighted by molar-refractivity contribution is -0.301. The number of hydrogen-bond acceptors (Lipinski definition) is 11. The average molecular weight is 1110 g/mol. The van der Waals surface area contributed by atoms with Crippen LogP contribution in [0.1, 0.15) is 290 Å². The Morgan fingerprint density at radius 3 is 1.24 bits per heavy atom. The molecule has 1 rings (SSSR count). The molecule has 0 amide bonds. The molecule has 6 atom stereocenters. The minimum absolute atomic E-state index is 0.0611. The lowest BCUT2D eigenvalue weighted by Gasteiger charge is -2.40. The molecule has 12 heteroatoms. The number of esters is 3. The van der Waals surface area contributed by atoms with Crippen LogP contribution in [0.5, 0.6) is 0 Å². The summed E-state index contributed by atoms with van der Waals surface area (Å²) in [5.74, 6) is -3.13. The Kier molecular flexibility index (Phi) is 51.1. The predicted octanol–water partition coefficient (Wildman–Crippen LogP) is 17.1. The van der Waals surface area contributed by atoms with Gasteiger partial charge in [0.15, 0.2) is 24.6 Å². The first-order valence-corrected chi connectivity index (χ1v) is 32.3. The van der Waals surface area contributed by atoms with E-state index in [1.165, 1.54) is 103 Å². The minimum atomic E-state index is -1.91. The van der Waals surface area contributed by atoms with Crippen molar-refractivity contribution in [2.24, 2.45) is 0 Å². The van der Waals surface area contributed by atoms with E-state index >= 15 is 0 Å². The summed E-state index contributed by atoms with van der Waals surface area (Å²) in [6.07, 6.45) is 56.0. The number of hydrogen-bond donors (Lipinski definition) is 3. The van der Waals surface area contributed by atoms with Crippen LogP contribution in [0.15, 0.2) is 60.8 Å². The maximum Gasteiger partial charge on any atom is 0.335 e. The fraction of sp³-hybridized carbons (Fsp3) is 0.791. The lowest BCUT2D eigenvalue weighted by Crippen LogP contribution is -2.61. The van der Waals surface area contributed by atoms with Crippen molar-refractivity contribution in [2.45, 2.75) is 327 Å². The van der Waals surface area contributed by atoms with Crippen LogP contribution < -0.4 is 0 Å². The summed E-state index contributed by atoms with van der Waals surface area (Å²) in [6, 6.07) is 0. The molecule has 3 N–H and O–H groups in total. The first-order chi connectivity index (χ1) is 38.6. The predicted molar refractivity (Wildman–Crippen MR) is 322 cm³/mol. The van der Waals surface area contributed by atoms with Crippen molar-refractivity contribution >= 4 is 23.9 Å². The molecule has 0 aliphatic carbocycles. The molecule has 1 saturated heterocycles. The molecule has 6 unspecified atom stereocenters. The number of carbonyl (C=O) groups is 4. The Morgan fingerprint density at radius 2 is 0.797 bits per heavy atom. The van der Waals surface area contributed by atoms with Gasteiger partial charge < -0.3 is 39.0 Å². The van der Waals surface area contributed by atoms with E-state index in [2.05, 4.69) is 81.5 Å². The summed E-state index contributed by atoms with van der Waals surface area (Å²) in [6.45, 7) is 5.87. The van der Waals surface area contributed by atoms with Crippen molar-refractivity contribution in [3.8, 4) is 0 Å². The van der Waals surface area contributed by atoms with Gasteiger partial charge in [0.2, 0.25) is 0 Å². The molecule has 0 bridgehead atoms. The Labute approximate surface area is 481 Å². The monoisotopic (exact) mass is 1110 g/mol. The van der Waals surface area contributed by atoms with Crippen molar-refractivity contribution in [2.75, 3.05) is 13.2 Å². The molecule has 1 aliphatic rings. The first-order valence-electron chi connectivity index (χ1n) is 32.3. The van der Waals surface area contributed by atoms with Gasteiger partial charge in [-0.1, -0.05) is 248 Å². The average Bonchev–Trinajstić information content (AvgIpc) is 3.47. The zero-order valence-corrected chi connectivity index (χ0v) is 50.4. The minimum Gasteiger partial charge on any atom is -0.479 e. The maximum atomic E-state index is 13.2. The summed E-state index contributed by atoms with van der Waals surface area (Å²) in [5, 5.41) is 31.6. The Bertz CT molecular complexity index is 1600. The van der Waals surface area contributed by atoms with E-state index in [0.29, 0.717) is 19.3 Å². The van der Waals surface area contributed by atoms with E-state index in [1.807, 2.05) is 0 Å². The highest BCUT2D eigenvalue weighted by atomic mass is 16.7. The standard InChI is InChI=1S/C67H116O12/c1-4-7-10-13-16-19-22-25-28-30-33-35-38-41-44-47-50-53-59(68)75-56-58(77-60(69)54-51-48-45-42-39-36-32-27-24-21-18-15-12-9-6-3)57-76-67-65(63(72)62(71)64(79-67)66(73)74)78-61(70)55-52-49-46-43-40-37-34-31-29-26-23-20-17-14-11-8-5-2/h7,10,16,18-19,21,25,27-28,32,58,62-65,67,71-72H,4-6,8-9,11-15,17,20,22-24,26,29-31,33-57H2,1-3H3,(H,73,74)/b10-7-,19-16-,21-18-,28-25-,32-27-. The Balaban J connectivity index is 2.66. The van der Waals surface area contributed by atoms with Crippen molar-refractivity contribution in [3.63, 3.8) is 0 Å². The number of carbonyl (C=O) groups excluding carboxylic acids is 3. The quantitative estimate of drug-likeness (QED) is 0.0228. The molecule has 1 heterocycles. The second kappa shape index (κ2) is 55.0. The van der Waals surface area contributed by atoms with Crippen LogP contribution in [0.4, 0.5) is 0 Å².